The van der Waals surface area contributed by atoms with Gasteiger partial charge in [0.1, 0.15) is 0 Å². The Hall–Kier alpha value is -1.47. The molecule has 0 bridgehead atoms. The Morgan fingerprint density at radius 2 is 2.11 bits per heavy atom. The number of aryl methyl sites for hydroxylation is 1. The second-order valence-corrected chi connectivity index (χ2v) is 4.76. The lowest BCUT2D eigenvalue weighted by Crippen LogP contribution is -2.35. The summed E-state index contributed by atoms with van der Waals surface area (Å²) in [4.78, 5) is 18.9. The normalized spacial score (nSPS) is 11.4. The van der Waals surface area contributed by atoms with E-state index in [9.17, 15) is 4.79 Å². The van der Waals surface area contributed by atoms with Gasteiger partial charge >= 0.3 is 5.97 Å². The summed E-state index contributed by atoms with van der Waals surface area (Å²) in [5.41, 5.74) is 0. The van der Waals surface area contributed by atoms with Crippen LogP contribution in [-0.4, -0.2) is 64.7 Å². The van der Waals surface area contributed by atoms with Gasteiger partial charge in [-0.25, -0.2) is 0 Å². The summed E-state index contributed by atoms with van der Waals surface area (Å²) in [7, 11) is 3.90. The summed E-state index contributed by atoms with van der Waals surface area (Å²) in [6.45, 7) is 3.81. The van der Waals surface area contributed by atoms with Crippen LogP contribution in [0.25, 0.3) is 0 Å². The summed E-state index contributed by atoms with van der Waals surface area (Å²) < 4.78 is 5.13. The van der Waals surface area contributed by atoms with Crippen LogP contribution in [0.2, 0.25) is 0 Å². The summed E-state index contributed by atoms with van der Waals surface area (Å²) in [5.74, 6) is 0.302. The van der Waals surface area contributed by atoms with Crippen LogP contribution in [-0.2, 0) is 17.8 Å². The maximum absolute atomic E-state index is 10.8. The van der Waals surface area contributed by atoms with Gasteiger partial charge in [0.25, 0.3) is 0 Å². The van der Waals surface area contributed by atoms with E-state index in [1.165, 1.54) is 0 Å². The molecule has 0 spiro atoms. The van der Waals surface area contributed by atoms with Gasteiger partial charge in [0, 0.05) is 19.5 Å². The van der Waals surface area contributed by atoms with Crippen LogP contribution < -0.4 is 0 Å². The monoisotopic (exact) mass is 270 g/mol. The molecule has 0 amide bonds. The molecule has 1 aromatic heterocycles. The average Bonchev–Trinajstić information content (AvgIpc) is 2.73. The van der Waals surface area contributed by atoms with Gasteiger partial charge in [-0.2, -0.15) is 4.98 Å². The van der Waals surface area contributed by atoms with Gasteiger partial charge < -0.3 is 14.5 Å². The van der Waals surface area contributed by atoms with Crippen LogP contribution in [0.1, 0.15) is 25.1 Å². The molecule has 0 atom stereocenters. The molecule has 1 N–H and O–H groups in total. The van der Waals surface area contributed by atoms with Gasteiger partial charge in [0.2, 0.25) is 5.89 Å². The third kappa shape index (κ3) is 6.30. The van der Waals surface area contributed by atoms with Gasteiger partial charge in [-0.3, -0.25) is 9.69 Å². The molecular weight excluding hydrogens is 248 g/mol. The largest absolute Gasteiger partial charge is 0.480 e. The van der Waals surface area contributed by atoms with Crippen molar-refractivity contribution in [3.63, 3.8) is 0 Å². The zero-order chi connectivity index (χ0) is 14.3. The van der Waals surface area contributed by atoms with Crippen LogP contribution in [0.4, 0.5) is 0 Å². The number of aromatic nitrogens is 2. The first-order chi connectivity index (χ1) is 9.01. The molecule has 0 fully saturated rings. The highest BCUT2D eigenvalue weighted by molar-refractivity contribution is 5.69. The molecule has 0 unspecified atom stereocenters. The number of carbonyl (C=O) groups is 1. The lowest BCUT2D eigenvalue weighted by molar-refractivity contribution is -0.138. The van der Waals surface area contributed by atoms with Gasteiger partial charge in [-0.15, -0.1) is 0 Å². The van der Waals surface area contributed by atoms with Gasteiger partial charge in [0.05, 0.1) is 13.1 Å². The fraction of sp³-hybridized carbons (Fsp3) is 0.750. The standard InChI is InChI=1S/C12H22N4O3/c1-4-5-10-13-11(19-14-10)8-16(9-12(17)18)7-6-15(2)3/h4-9H2,1-3H3,(H,17,18). The highest BCUT2D eigenvalue weighted by atomic mass is 16.5. The molecule has 1 heterocycles. The van der Waals surface area contributed by atoms with E-state index in [-0.39, 0.29) is 6.54 Å². The third-order valence-corrected chi connectivity index (χ3v) is 2.56. The van der Waals surface area contributed by atoms with Crippen molar-refractivity contribution in [2.75, 3.05) is 33.7 Å². The molecule has 1 aromatic rings. The number of likely N-dealkylation sites (N-methyl/N-ethyl adjacent to an activating group) is 1. The van der Waals surface area contributed by atoms with Crippen molar-refractivity contribution in [1.82, 2.24) is 19.9 Å². The minimum Gasteiger partial charge on any atom is -0.480 e. The molecule has 108 valence electrons. The van der Waals surface area contributed by atoms with Crippen LogP contribution >= 0.6 is 0 Å². The van der Waals surface area contributed by atoms with Crippen molar-refractivity contribution < 1.29 is 14.4 Å². The van der Waals surface area contributed by atoms with E-state index >= 15 is 0 Å². The maximum Gasteiger partial charge on any atom is 0.317 e. The van der Waals surface area contributed by atoms with E-state index < -0.39 is 5.97 Å². The molecule has 0 aliphatic rings. The van der Waals surface area contributed by atoms with Crippen LogP contribution in [0.5, 0.6) is 0 Å². The second-order valence-electron chi connectivity index (χ2n) is 4.76. The topological polar surface area (TPSA) is 82.7 Å². The van der Waals surface area contributed by atoms with E-state index in [2.05, 4.69) is 10.1 Å². The first-order valence-electron chi connectivity index (χ1n) is 6.41. The van der Waals surface area contributed by atoms with E-state index in [1.54, 1.807) is 4.90 Å². The van der Waals surface area contributed by atoms with Crippen molar-refractivity contribution in [2.45, 2.75) is 26.3 Å². The molecule has 7 nitrogen and oxygen atoms in total. The van der Waals surface area contributed by atoms with Crippen molar-refractivity contribution in [3.05, 3.63) is 11.7 Å². The minimum atomic E-state index is -0.855. The SMILES string of the molecule is CCCc1noc(CN(CCN(C)C)CC(=O)O)n1. The van der Waals surface area contributed by atoms with Crippen molar-refractivity contribution >= 4 is 5.97 Å². The van der Waals surface area contributed by atoms with Crippen LogP contribution in [0, 0.1) is 0 Å². The van der Waals surface area contributed by atoms with E-state index in [1.807, 2.05) is 25.9 Å². The predicted molar refractivity (Wildman–Crippen MR) is 69.8 cm³/mol. The number of hydrogen-bond donors (Lipinski definition) is 1. The van der Waals surface area contributed by atoms with Crippen LogP contribution in [0.3, 0.4) is 0 Å². The third-order valence-electron chi connectivity index (χ3n) is 2.56. The number of rotatable bonds is 9. The fourth-order valence-electron chi connectivity index (χ4n) is 1.62. The summed E-state index contributed by atoms with van der Waals surface area (Å²) in [6.07, 6.45) is 1.73. The van der Waals surface area contributed by atoms with E-state index in [0.29, 0.717) is 24.8 Å². The highest BCUT2D eigenvalue weighted by Gasteiger charge is 2.14. The predicted octanol–water partition coefficient (Wildman–Crippen LogP) is 0.470. The Bertz CT molecular complexity index is 392. The molecule has 0 saturated carbocycles. The van der Waals surface area contributed by atoms with Crippen molar-refractivity contribution in [2.24, 2.45) is 0 Å². The Balaban J connectivity index is 2.56. The first kappa shape index (κ1) is 15.6. The number of carboxylic acid groups (broad SMARTS) is 1. The number of carboxylic acids is 1. The molecule has 1 rings (SSSR count). The highest BCUT2D eigenvalue weighted by Crippen LogP contribution is 2.04. The summed E-state index contributed by atoms with van der Waals surface area (Å²) in [6, 6.07) is 0. The molecule has 0 aromatic carbocycles. The second kappa shape index (κ2) is 7.85. The number of hydrogen-bond acceptors (Lipinski definition) is 6. The summed E-state index contributed by atoms with van der Waals surface area (Å²) >= 11 is 0. The van der Waals surface area contributed by atoms with Gasteiger partial charge in [-0.1, -0.05) is 12.1 Å². The lowest BCUT2D eigenvalue weighted by Gasteiger charge is -2.20. The average molecular weight is 270 g/mol. The first-order valence-corrected chi connectivity index (χ1v) is 6.41. The van der Waals surface area contributed by atoms with Crippen molar-refractivity contribution in [1.29, 1.82) is 0 Å². The lowest BCUT2D eigenvalue weighted by atomic mass is 10.3. The van der Waals surface area contributed by atoms with Crippen molar-refractivity contribution in [3.8, 4) is 0 Å². The minimum absolute atomic E-state index is 0.0284. The molecule has 0 aliphatic carbocycles. The van der Waals surface area contributed by atoms with Gasteiger partial charge in [-0.05, 0) is 20.5 Å². The molecule has 0 saturated heterocycles. The Morgan fingerprint density at radius 3 is 2.68 bits per heavy atom. The Morgan fingerprint density at radius 1 is 1.37 bits per heavy atom. The van der Waals surface area contributed by atoms with Crippen LogP contribution in [0.15, 0.2) is 4.52 Å². The quantitative estimate of drug-likeness (QED) is 0.698. The number of aliphatic carboxylic acids is 1. The molecule has 7 heteroatoms. The summed E-state index contributed by atoms with van der Waals surface area (Å²) in [5, 5.41) is 12.8. The number of nitrogens with zero attached hydrogens (tertiary/aromatic N) is 4. The van der Waals surface area contributed by atoms with E-state index in [4.69, 9.17) is 9.63 Å². The fourth-order valence-corrected chi connectivity index (χ4v) is 1.62. The zero-order valence-electron chi connectivity index (χ0n) is 11.8. The molecule has 19 heavy (non-hydrogen) atoms. The van der Waals surface area contributed by atoms with E-state index in [0.717, 1.165) is 19.4 Å². The molecular formula is C12H22N4O3. The maximum atomic E-state index is 10.8. The smallest absolute Gasteiger partial charge is 0.317 e. The Kier molecular flexibility index (Phi) is 6.44. The molecule has 0 radical (unpaired) electrons. The zero-order valence-corrected chi connectivity index (χ0v) is 11.8. The van der Waals surface area contributed by atoms with Gasteiger partial charge in [0.15, 0.2) is 5.82 Å². The Labute approximate surface area is 113 Å². The molecule has 0 aliphatic heterocycles.